The fraction of sp³-hybridized carbons (Fsp3) is 0.739. The van der Waals surface area contributed by atoms with E-state index in [4.69, 9.17) is 4.52 Å². The number of rotatable bonds is 16. The van der Waals surface area contributed by atoms with Gasteiger partial charge in [-0.3, -0.25) is 4.57 Å². The third-order valence-electron chi connectivity index (χ3n) is 5.37. The van der Waals surface area contributed by atoms with E-state index in [1.807, 2.05) is 18.2 Å². The van der Waals surface area contributed by atoms with Gasteiger partial charge in [0.25, 0.3) is 0 Å². The molecule has 2 atom stereocenters. The highest BCUT2D eigenvalue weighted by atomic mass is 31.2. The van der Waals surface area contributed by atoms with Gasteiger partial charge in [0.15, 0.2) is 0 Å². The summed E-state index contributed by atoms with van der Waals surface area (Å²) in [5.74, 6) is 0.362. The molecule has 1 rings (SSSR count). The Morgan fingerprint density at radius 3 is 2.22 bits per heavy atom. The lowest BCUT2D eigenvalue weighted by Crippen LogP contribution is -2.16. The van der Waals surface area contributed by atoms with Crippen LogP contribution in [0.4, 0.5) is 0 Å². The van der Waals surface area contributed by atoms with Gasteiger partial charge in [0.1, 0.15) is 0 Å². The predicted octanol–water partition coefficient (Wildman–Crippen LogP) is 7.02. The molecule has 0 aliphatic carbocycles. The molecule has 1 N–H and O–H groups in total. The molecule has 0 amide bonds. The van der Waals surface area contributed by atoms with E-state index in [-0.39, 0.29) is 0 Å². The molecule has 0 radical (unpaired) electrons. The molecular weight excluding hydrogens is 355 g/mol. The maximum absolute atomic E-state index is 12.9. The zero-order chi connectivity index (χ0) is 20.0. The Balaban J connectivity index is 2.55. The van der Waals surface area contributed by atoms with Crippen LogP contribution in [0.15, 0.2) is 24.3 Å². The highest BCUT2D eigenvalue weighted by molar-refractivity contribution is 7.61. The minimum absolute atomic E-state index is 0.362. The Kier molecular flexibility index (Phi) is 13.0. The van der Waals surface area contributed by atoms with Gasteiger partial charge in [-0.1, -0.05) is 96.8 Å². The summed E-state index contributed by atoms with van der Waals surface area (Å²) in [6.45, 7) is 6.90. The monoisotopic (exact) mass is 396 g/mol. The average Bonchev–Trinajstić information content (AvgIpc) is 2.67. The topological polar surface area (TPSA) is 46.5 Å². The van der Waals surface area contributed by atoms with Crippen molar-refractivity contribution in [1.82, 2.24) is 0 Å². The molecule has 0 aromatic heterocycles. The smallest absolute Gasteiger partial charge is 0.321 e. The maximum Gasteiger partial charge on any atom is 0.359 e. The van der Waals surface area contributed by atoms with Crippen LogP contribution in [0.2, 0.25) is 0 Å². The molecule has 0 bridgehead atoms. The van der Waals surface area contributed by atoms with Crippen LogP contribution < -0.4 is 5.30 Å². The van der Waals surface area contributed by atoms with Crippen LogP contribution in [-0.2, 0) is 15.5 Å². The van der Waals surface area contributed by atoms with Gasteiger partial charge in [-0.05, 0) is 36.8 Å². The van der Waals surface area contributed by atoms with E-state index in [9.17, 15) is 9.46 Å². The summed E-state index contributed by atoms with van der Waals surface area (Å²) in [4.78, 5) is 10.6. The summed E-state index contributed by atoms with van der Waals surface area (Å²) in [5, 5.41) is 0.501. The molecule has 0 spiro atoms. The summed E-state index contributed by atoms with van der Waals surface area (Å²) in [6.07, 6.45) is 13.9. The van der Waals surface area contributed by atoms with Gasteiger partial charge in [-0.15, -0.1) is 0 Å². The summed E-state index contributed by atoms with van der Waals surface area (Å²) in [5.41, 5.74) is 0.971. The second-order valence-corrected chi connectivity index (χ2v) is 9.51. The first-order valence-electron chi connectivity index (χ1n) is 11.1. The summed E-state index contributed by atoms with van der Waals surface area (Å²) in [6, 6.07) is 7.54. The average molecular weight is 397 g/mol. The lowest BCUT2D eigenvalue weighted by atomic mass is 10.0. The first-order chi connectivity index (χ1) is 13.0. The van der Waals surface area contributed by atoms with Gasteiger partial charge in [-0.2, -0.15) is 0 Å². The minimum atomic E-state index is -3.75. The molecule has 0 aliphatic heterocycles. The molecule has 2 unspecified atom stereocenters. The van der Waals surface area contributed by atoms with Gasteiger partial charge in [-0.25, -0.2) is 0 Å². The van der Waals surface area contributed by atoms with Crippen LogP contribution >= 0.6 is 7.60 Å². The fourth-order valence-corrected chi connectivity index (χ4v) is 4.82. The van der Waals surface area contributed by atoms with Crippen molar-refractivity contribution in [3.05, 3.63) is 29.8 Å². The number of unbranched alkanes of at least 4 members (excludes halogenated alkanes) is 7. The third kappa shape index (κ3) is 9.92. The van der Waals surface area contributed by atoms with Gasteiger partial charge in [0.05, 0.1) is 11.9 Å². The van der Waals surface area contributed by atoms with Crippen molar-refractivity contribution in [3.8, 4) is 0 Å². The largest absolute Gasteiger partial charge is 0.359 e. The summed E-state index contributed by atoms with van der Waals surface area (Å²) >= 11 is 0. The van der Waals surface area contributed by atoms with Crippen LogP contribution in [-0.4, -0.2) is 11.5 Å². The van der Waals surface area contributed by atoms with Gasteiger partial charge < -0.3 is 9.42 Å². The van der Waals surface area contributed by atoms with Crippen LogP contribution in [0.3, 0.4) is 0 Å². The lowest BCUT2D eigenvalue weighted by Gasteiger charge is -2.20. The second kappa shape index (κ2) is 14.4. The van der Waals surface area contributed by atoms with Crippen molar-refractivity contribution < 1.29 is 14.0 Å². The number of hydrogen-bond donors (Lipinski definition) is 1. The number of aryl methyl sites for hydroxylation is 1. The predicted molar refractivity (Wildman–Crippen MR) is 117 cm³/mol. The Labute approximate surface area is 167 Å². The molecule has 1 aromatic carbocycles. The maximum atomic E-state index is 12.9. The van der Waals surface area contributed by atoms with Gasteiger partial charge in [0.2, 0.25) is 0 Å². The Bertz CT molecular complexity index is 544. The van der Waals surface area contributed by atoms with E-state index < -0.39 is 7.60 Å². The standard InChI is InChI=1S/C23H41O3P/c1-4-7-9-10-11-12-13-17-22-18-14-15-19-23(22)27(24,25)26-20-21(6-3)16-8-5-2/h14-15,18-19,21H,4-13,16-17,20H2,1-3H3,(H,24,25). The Hall–Kier alpha value is -0.630. The van der Waals surface area contributed by atoms with Crippen LogP contribution in [0.5, 0.6) is 0 Å². The Morgan fingerprint density at radius 2 is 1.56 bits per heavy atom. The van der Waals surface area contributed by atoms with Gasteiger partial charge in [0, 0.05) is 0 Å². The molecule has 0 aliphatic rings. The van der Waals surface area contributed by atoms with Crippen LogP contribution in [0.25, 0.3) is 0 Å². The highest BCUT2D eigenvalue weighted by Crippen LogP contribution is 2.43. The molecule has 3 nitrogen and oxygen atoms in total. The molecule has 0 saturated heterocycles. The SMILES string of the molecule is CCCCCCCCCc1ccccc1P(=O)(O)OCC(CC)CCCC. The van der Waals surface area contributed by atoms with Crippen molar-refractivity contribution in [3.63, 3.8) is 0 Å². The zero-order valence-corrected chi connectivity index (χ0v) is 18.7. The van der Waals surface area contributed by atoms with Crippen molar-refractivity contribution in [2.75, 3.05) is 6.61 Å². The first-order valence-corrected chi connectivity index (χ1v) is 12.7. The van der Waals surface area contributed by atoms with E-state index in [0.717, 1.165) is 44.1 Å². The number of hydrogen-bond acceptors (Lipinski definition) is 2. The minimum Gasteiger partial charge on any atom is -0.321 e. The molecule has 4 heteroatoms. The van der Waals surface area contributed by atoms with Crippen molar-refractivity contribution in [2.45, 2.75) is 97.8 Å². The second-order valence-electron chi connectivity index (χ2n) is 7.73. The zero-order valence-electron chi connectivity index (χ0n) is 17.8. The molecule has 27 heavy (non-hydrogen) atoms. The van der Waals surface area contributed by atoms with E-state index in [2.05, 4.69) is 20.8 Å². The van der Waals surface area contributed by atoms with E-state index in [1.54, 1.807) is 6.07 Å². The van der Waals surface area contributed by atoms with Crippen LogP contribution in [0.1, 0.15) is 97.0 Å². The van der Waals surface area contributed by atoms with Crippen molar-refractivity contribution in [1.29, 1.82) is 0 Å². The van der Waals surface area contributed by atoms with E-state index >= 15 is 0 Å². The first kappa shape index (κ1) is 24.4. The molecular formula is C23H41O3P. The van der Waals surface area contributed by atoms with Crippen molar-refractivity contribution in [2.24, 2.45) is 5.92 Å². The van der Waals surface area contributed by atoms with Crippen LogP contribution in [0, 0.1) is 5.92 Å². The summed E-state index contributed by atoms with van der Waals surface area (Å²) in [7, 11) is -3.75. The molecule has 156 valence electrons. The number of benzene rings is 1. The molecule has 1 aromatic rings. The fourth-order valence-electron chi connectivity index (χ4n) is 3.44. The summed E-state index contributed by atoms with van der Waals surface area (Å²) < 4.78 is 18.5. The Morgan fingerprint density at radius 1 is 0.926 bits per heavy atom. The molecule has 0 fully saturated rings. The lowest BCUT2D eigenvalue weighted by molar-refractivity contribution is 0.210. The van der Waals surface area contributed by atoms with E-state index in [1.165, 1.54) is 38.5 Å². The van der Waals surface area contributed by atoms with Gasteiger partial charge >= 0.3 is 7.60 Å². The van der Waals surface area contributed by atoms with E-state index in [0.29, 0.717) is 17.8 Å². The highest BCUT2D eigenvalue weighted by Gasteiger charge is 2.26. The molecule has 0 heterocycles. The normalized spacial score (nSPS) is 14.8. The quantitative estimate of drug-likeness (QED) is 0.241. The third-order valence-corrected chi connectivity index (χ3v) is 6.92. The van der Waals surface area contributed by atoms with Crippen molar-refractivity contribution >= 4 is 12.9 Å². The molecule has 0 saturated carbocycles.